The largest absolute Gasteiger partial charge is 0.455 e. The first-order chi connectivity index (χ1) is 36.2. The van der Waals surface area contributed by atoms with Crippen LogP contribution in [0.3, 0.4) is 0 Å². The average Bonchev–Trinajstić information content (AvgIpc) is 4.19. The van der Waals surface area contributed by atoms with Crippen LogP contribution in [0.5, 0.6) is 0 Å². The minimum Gasteiger partial charge on any atom is -0.455 e. The molecule has 5 heteroatoms. The topological polar surface area (TPSA) is 45.9 Å². The second-order valence-electron chi connectivity index (χ2n) is 18.7. The van der Waals surface area contributed by atoms with Crippen LogP contribution in [0.4, 0.5) is 34.1 Å². The fraction of sp³-hybridized carbons (Fsp3) is 0. The first-order valence-electron chi connectivity index (χ1n) is 24.7. The Morgan fingerprint density at radius 1 is 0.205 bits per heavy atom. The summed E-state index contributed by atoms with van der Waals surface area (Å²) in [4.78, 5) is 4.73. The van der Waals surface area contributed by atoms with Crippen molar-refractivity contribution in [2.75, 3.05) is 9.80 Å². The van der Waals surface area contributed by atoms with Crippen LogP contribution >= 0.6 is 0 Å². The molecule has 0 aliphatic heterocycles. The molecular weight excluding hydrogens is 893 g/mol. The molecule has 0 amide bonds. The molecule has 0 bridgehead atoms. The number of hydrogen-bond acceptors (Lipinski definition) is 5. The molecule has 73 heavy (non-hydrogen) atoms. The SMILES string of the molecule is c1ccc(-c2ccc(N(c3cc4c5cc(N(c6ccc(-c7ccccc7)cc6)c6cccc7c6oc6ccccc67)c6ccccc6c5oc4c4ccccc34)c3cccc4c3oc3ccccc34)cc2)cc1. The minimum absolute atomic E-state index is 0.819. The van der Waals surface area contributed by atoms with Crippen molar-refractivity contribution in [3.8, 4) is 22.3 Å². The molecule has 0 saturated heterocycles. The number of benzene rings is 12. The first-order valence-corrected chi connectivity index (χ1v) is 24.7. The Kier molecular flexibility index (Phi) is 9.19. The van der Waals surface area contributed by atoms with Crippen molar-refractivity contribution in [3.05, 3.63) is 255 Å². The van der Waals surface area contributed by atoms with E-state index in [1.54, 1.807) is 0 Å². The second kappa shape index (κ2) is 16.4. The predicted octanol–water partition coefficient (Wildman–Crippen LogP) is 20.0. The van der Waals surface area contributed by atoms with Crippen LogP contribution in [-0.4, -0.2) is 0 Å². The Balaban J connectivity index is 1.01. The molecule has 0 radical (unpaired) electrons. The van der Waals surface area contributed by atoms with Crippen molar-refractivity contribution in [2.24, 2.45) is 0 Å². The summed E-state index contributed by atoms with van der Waals surface area (Å²) >= 11 is 0. The van der Waals surface area contributed by atoms with Gasteiger partial charge < -0.3 is 23.1 Å². The molecule has 0 unspecified atom stereocenters. The fourth-order valence-corrected chi connectivity index (χ4v) is 11.3. The quantitative estimate of drug-likeness (QED) is 0.152. The standard InChI is InChI=1S/C68H42N2O3/c1-3-17-43(18-4-1)45-33-37-47(38-34-45)69(59-29-15-27-55-51-23-11-13-31-63(51)71-67(55)59)61-41-57-58-42-62(50-22-8-10-26-54(50)66(58)73-65(57)53-25-9-7-21-49(53)61)70(48-39-35-46(36-40-48)44-19-5-2-6-20-44)60-30-16-28-56-52-24-12-14-32-64(52)72-68(56)60/h1-42H. The first kappa shape index (κ1) is 41.0. The molecule has 0 fully saturated rings. The Hall–Kier alpha value is -9.84. The lowest BCUT2D eigenvalue weighted by molar-refractivity contribution is 0.669. The van der Waals surface area contributed by atoms with E-state index in [2.05, 4.69) is 252 Å². The third kappa shape index (κ3) is 6.49. The molecule has 3 heterocycles. The Morgan fingerprint density at radius 2 is 0.534 bits per heavy atom. The molecule has 15 rings (SSSR count). The summed E-state index contributed by atoms with van der Waals surface area (Å²) in [6.07, 6.45) is 0. The van der Waals surface area contributed by atoms with Gasteiger partial charge in [-0.15, -0.1) is 0 Å². The Labute approximate surface area is 419 Å². The van der Waals surface area contributed by atoms with Crippen molar-refractivity contribution in [3.63, 3.8) is 0 Å². The number of hydrogen-bond donors (Lipinski definition) is 0. The maximum Gasteiger partial charge on any atom is 0.159 e. The summed E-state index contributed by atoms with van der Waals surface area (Å²) < 4.78 is 20.9. The summed E-state index contributed by atoms with van der Waals surface area (Å²) in [5.41, 5.74) is 15.5. The molecule has 12 aromatic carbocycles. The zero-order valence-electron chi connectivity index (χ0n) is 39.4. The smallest absolute Gasteiger partial charge is 0.159 e. The van der Waals surface area contributed by atoms with Gasteiger partial charge in [-0.05, 0) is 82.9 Å². The lowest BCUT2D eigenvalue weighted by atomic mass is 9.98. The molecule has 15 aromatic rings. The lowest BCUT2D eigenvalue weighted by Crippen LogP contribution is -2.11. The van der Waals surface area contributed by atoms with Crippen molar-refractivity contribution in [2.45, 2.75) is 0 Å². The van der Waals surface area contributed by atoms with Gasteiger partial charge in [-0.2, -0.15) is 0 Å². The van der Waals surface area contributed by atoms with Crippen molar-refractivity contribution in [1.29, 1.82) is 0 Å². The van der Waals surface area contributed by atoms with Gasteiger partial charge >= 0.3 is 0 Å². The van der Waals surface area contributed by atoms with E-state index in [1.165, 1.54) is 0 Å². The lowest BCUT2D eigenvalue weighted by Gasteiger charge is -2.28. The van der Waals surface area contributed by atoms with Crippen LogP contribution in [0.25, 0.3) is 110 Å². The van der Waals surface area contributed by atoms with Crippen LogP contribution in [0.2, 0.25) is 0 Å². The van der Waals surface area contributed by atoms with E-state index in [9.17, 15) is 0 Å². The summed E-state index contributed by atoms with van der Waals surface area (Å²) in [7, 11) is 0. The Morgan fingerprint density at radius 3 is 0.959 bits per heavy atom. The van der Waals surface area contributed by atoms with Gasteiger partial charge in [0.1, 0.15) is 22.3 Å². The Bertz CT molecular complexity index is 4310. The monoisotopic (exact) mass is 934 g/mol. The van der Waals surface area contributed by atoms with Crippen LogP contribution in [-0.2, 0) is 0 Å². The molecule has 0 saturated carbocycles. The van der Waals surface area contributed by atoms with E-state index >= 15 is 0 Å². The van der Waals surface area contributed by atoms with E-state index < -0.39 is 0 Å². The van der Waals surface area contributed by atoms with Crippen LogP contribution in [0, 0.1) is 0 Å². The average molecular weight is 935 g/mol. The van der Waals surface area contributed by atoms with Gasteiger partial charge in [0.05, 0.1) is 22.7 Å². The highest BCUT2D eigenvalue weighted by molar-refractivity contribution is 6.26. The zero-order chi connectivity index (χ0) is 48.0. The highest BCUT2D eigenvalue weighted by atomic mass is 16.3. The highest BCUT2D eigenvalue weighted by Gasteiger charge is 2.27. The predicted molar refractivity (Wildman–Crippen MR) is 304 cm³/mol. The van der Waals surface area contributed by atoms with Crippen molar-refractivity contribution >= 4 is 121 Å². The van der Waals surface area contributed by atoms with E-state index in [4.69, 9.17) is 13.3 Å². The van der Waals surface area contributed by atoms with Crippen molar-refractivity contribution < 1.29 is 13.3 Å². The summed E-state index contributed by atoms with van der Waals surface area (Å²) in [6.45, 7) is 0. The molecular formula is C68H42N2O3. The maximum atomic E-state index is 7.25. The van der Waals surface area contributed by atoms with Gasteiger partial charge in [0, 0.05) is 65.2 Å². The number of fused-ring (bicyclic) bond motifs is 13. The van der Waals surface area contributed by atoms with Gasteiger partial charge in [-0.1, -0.05) is 194 Å². The van der Waals surface area contributed by atoms with Crippen LogP contribution < -0.4 is 9.80 Å². The normalized spacial score (nSPS) is 11.8. The number of furan rings is 3. The molecule has 0 aliphatic carbocycles. The number of nitrogens with zero attached hydrogens (tertiary/aromatic N) is 2. The van der Waals surface area contributed by atoms with Crippen molar-refractivity contribution in [1.82, 2.24) is 0 Å². The van der Waals surface area contributed by atoms with Crippen LogP contribution in [0.1, 0.15) is 0 Å². The van der Waals surface area contributed by atoms with E-state index in [-0.39, 0.29) is 0 Å². The second-order valence-corrected chi connectivity index (χ2v) is 18.7. The third-order valence-electron chi connectivity index (χ3n) is 14.6. The summed E-state index contributed by atoms with van der Waals surface area (Å²) in [6, 6.07) is 90.3. The molecule has 342 valence electrons. The van der Waals surface area contributed by atoms with Crippen LogP contribution in [0.15, 0.2) is 268 Å². The number of para-hydroxylation sites is 4. The van der Waals surface area contributed by atoms with Gasteiger partial charge in [-0.25, -0.2) is 0 Å². The van der Waals surface area contributed by atoms with Gasteiger partial charge in [-0.3, -0.25) is 0 Å². The van der Waals surface area contributed by atoms with Gasteiger partial charge in [0.15, 0.2) is 11.2 Å². The summed E-state index contributed by atoms with van der Waals surface area (Å²) in [5.74, 6) is 0. The molecule has 3 aromatic heterocycles. The van der Waals surface area contributed by atoms with Gasteiger partial charge in [0.2, 0.25) is 0 Å². The number of rotatable bonds is 8. The summed E-state index contributed by atoms with van der Waals surface area (Å²) in [5, 5.41) is 10.4. The fourth-order valence-electron chi connectivity index (χ4n) is 11.3. The molecule has 5 nitrogen and oxygen atoms in total. The highest BCUT2D eigenvalue weighted by Crippen LogP contribution is 2.51. The molecule has 0 spiro atoms. The van der Waals surface area contributed by atoms with E-state index in [0.29, 0.717) is 0 Å². The van der Waals surface area contributed by atoms with E-state index in [0.717, 1.165) is 144 Å². The minimum atomic E-state index is 0.819. The van der Waals surface area contributed by atoms with Gasteiger partial charge in [0.25, 0.3) is 0 Å². The molecule has 0 N–H and O–H groups in total. The maximum absolute atomic E-state index is 7.25. The molecule has 0 aliphatic rings. The number of anilines is 6. The zero-order valence-corrected chi connectivity index (χ0v) is 39.4. The van der Waals surface area contributed by atoms with E-state index in [1.807, 2.05) is 12.1 Å². The molecule has 0 atom stereocenters. The third-order valence-corrected chi connectivity index (χ3v) is 14.6.